The second-order valence-corrected chi connectivity index (χ2v) is 14.0. The lowest BCUT2D eigenvalue weighted by Crippen LogP contribution is -2.55. The number of benzene rings is 3. The van der Waals surface area contributed by atoms with Gasteiger partial charge in [-0.15, -0.1) is 0 Å². The molecule has 3 aromatic carbocycles. The van der Waals surface area contributed by atoms with Crippen LogP contribution in [-0.4, -0.2) is 38.0 Å². The SMILES string of the molecule is CCN(CC)c1cc2oc(-c3ccc(F)cc3)c(C(=O)NC)c2cc1-c1cccc(C(=O)NC(C)[C@]23C[C@H]4C[C@H](C[C@H](C4)C2)C3)c1. The van der Waals surface area contributed by atoms with Gasteiger partial charge in [0.05, 0.1) is 5.56 Å². The quantitative estimate of drug-likeness (QED) is 0.197. The summed E-state index contributed by atoms with van der Waals surface area (Å²) < 4.78 is 20.1. The fourth-order valence-electron chi connectivity index (χ4n) is 9.31. The maximum Gasteiger partial charge on any atom is 0.255 e. The lowest BCUT2D eigenvalue weighted by Gasteiger charge is -2.59. The van der Waals surface area contributed by atoms with Gasteiger partial charge in [-0.25, -0.2) is 4.39 Å². The highest BCUT2D eigenvalue weighted by Gasteiger charge is 2.53. The predicted octanol–water partition coefficient (Wildman–Crippen LogP) is 8.45. The minimum atomic E-state index is -0.358. The summed E-state index contributed by atoms with van der Waals surface area (Å²) in [5, 5.41) is 6.85. The molecule has 240 valence electrons. The van der Waals surface area contributed by atoms with Crippen molar-refractivity contribution < 1.29 is 18.4 Å². The third-order valence-corrected chi connectivity index (χ3v) is 11.3. The smallest absolute Gasteiger partial charge is 0.255 e. The van der Waals surface area contributed by atoms with Gasteiger partial charge in [0.15, 0.2) is 0 Å². The molecule has 0 saturated heterocycles. The largest absolute Gasteiger partial charge is 0.455 e. The Morgan fingerprint density at radius 1 is 0.913 bits per heavy atom. The third-order valence-electron chi connectivity index (χ3n) is 11.3. The van der Waals surface area contributed by atoms with E-state index < -0.39 is 0 Å². The molecule has 4 aliphatic rings. The van der Waals surface area contributed by atoms with E-state index in [9.17, 15) is 14.0 Å². The lowest BCUT2D eigenvalue weighted by atomic mass is 9.48. The number of nitrogens with zero attached hydrogens (tertiary/aromatic N) is 1. The van der Waals surface area contributed by atoms with Gasteiger partial charge < -0.3 is 20.0 Å². The maximum absolute atomic E-state index is 13.8. The number of carbonyl (C=O) groups is 2. The number of hydrogen-bond donors (Lipinski definition) is 2. The molecule has 2 N–H and O–H groups in total. The Bertz CT molecular complexity index is 1750. The van der Waals surface area contributed by atoms with Crippen LogP contribution < -0.4 is 15.5 Å². The highest BCUT2D eigenvalue weighted by molar-refractivity contribution is 6.13. The molecule has 1 unspecified atom stereocenters. The zero-order chi connectivity index (χ0) is 32.2. The Kier molecular flexibility index (Phi) is 7.90. The highest BCUT2D eigenvalue weighted by atomic mass is 19.1. The van der Waals surface area contributed by atoms with E-state index in [2.05, 4.69) is 36.3 Å². The zero-order valence-corrected chi connectivity index (χ0v) is 27.3. The number of nitrogens with one attached hydrogen (secondary N) is 2. The molecule has 4 aromatic rings. The first-order valence-electron chi connectivity index (χ1n) is 17.0. The summed E-state index contributed by atoms with van der Waals surface area (Å²) >= 11 is 0. The molecule has 8 rings (SSSR count). The number of halogens is 1. The van der Waals surface area contributed by atoms with E-state index >= 15 is 0 Å². The normalized spacial score (nSPS) is 23.8. The zero-order valence-electron chi connectivity index (χ0n) is 27.3. The van der Waals surface area contributed by atoms with Crippen LogP contribution >= 0.6 is 0 Å². The van der Waals surface area contributed by atoms with E-state index in [1.54, 1.807) is 19.2 Å². The molecule has 1 aromatic heterocycles. The lowest BCUT2D eigenvalue weighted by molar-refractivity contribution is -0.0688. The molecule has 2 amide bonds. The summed E-state index contributed by atoms with van der Waals surface area (Å²) in [7, 11) is 1.59. The number of carbonyl (C=O) groups excluding carboxylic acids is 2. The number of furan rings is 1. The Labute approximate surface area is 270 Å². The predicted molar refractivity (Wildman–Crippen MR) is 182 cm³/mol. The standard InChI is InChI=1S/C39H44FN3O3/c1-5-43(6-2)33-19-34-32(35(38(45)41-4)36(46-34)27-10-12-30(40)13-11-27)18-31(33)28-8-7-9-29(17-28)37(44)42-23(3)39-20-24-14-25(21-39)16-26(15-24)22-39/h7-13,17-19,23-26H,5-6,14-16,20-22H2,1-4H3,(H,41,45)(H,42,44)/t23?,24-,25+,26-,39-. The first-order valence-corrected chi connectivity index (χ1v) is 17.0. The number of hydrogen-bond acceptors (Lipinski definition) is 4. The van der Waals surface area contributed by atoms with Crippen LogP contribution in [-0.2, 0) is 0 Å². The number of anilines is 1. The van der Waals surface area contributed by atoms with Crippen molar-refractivity contribution in [3.63, 3.8) is 0 Å². The van der Waals surface area contributed by atoms with Crippen LogP contribution in [0.1, 0.15) is 80.0 Å². The molecule has 0 radical (unpaired) electrons. The molecular formula is C39H44FN3O3. The van der Waals surface area contributed by atoms with E-state index in [1.807, 2.05) is 36.4 Å². The van der Waals surface area contributed by atoms with Gasteiger partial charge in [-0.3, -0.25) is 9.59 Å². The van der Waals surface area contributed by atoms with E-state index in [0.29, 0.717) is 33.4 Å². The van der Waals surface area contributed by atoms with Crippen molar-refractivity contribution in [3.8, 4) is 22.5 Å². The maximum atomic E-state index is 13.8. The second kappa shape index (κ2) is 11.9. The van der Waals surface area contributed by atoms with Crippen molar-refractivity contribution >= 4 is 28.5 Å². The second-order valence-electron chi connectivity index (χ2n) is 14.0. The topological polar surface area (TPSA) is 74.6 Å². The molecule has 4 aliphatic carbocycles. The Morgan fingerprint density at radius 3 is 2.17 bits per heavy atom. The molecule has 1 heterocycles. The van der Waals surface area contributed by atoms with Gasteiger partial charge in [-0.2, -0.15) is 0 Å². The first-order chi connectivity index (χ1) is 22.2. The van der Waals surface area contributed by atoms with E-state index in [1.165, 1.54) is 50.7 Å². The van der Waals surface area contributed by atoms with Crippen molar-refractivity contribution in [1.82, 2.24) is 10.6 Å². The van der Waals surface area contributed by atoms with Gasteiger partial charge in [0.2, 0.25) is 0 Å². The first kappa shape index (κ1) is 30.5. The van der Waals surface area contributed by atoms with Gasteiger partial charge in [-0.05, 0) is 130 Å². The highest BCUT2D eigenvalue weighted by Crippen LogP contribution is 2.61. The Morgan fingerprint density at radius 2 is 1.57 bits per heavy atom. The van der Waals surface area contributed by atoms with Crippen LogP contribution in [0.2, 0.25) is 0 Å². The summed E-state index contributed by atoms with van der Waals surface area (Å²) in [4.78, 5) is 29.4. The summed E-state index contributed by atoms with van der Waals surface area (Å²) in [6.45, 7) is 7.97. The minimum absolute atomic E-state index is 0.0384. The van der Waals surface area contributed by atoms with E-state index in [0.717, 1.165) is 47.7 Å². The molecule has 4 fully saturated rings. The Balaban J connectivity index is 1.27. The van der Waals surface area contributed by atoms with Crippen molar-refractivity contribution in [2.45, 2.75) is 65.3 Å². The average molecular weight is 622 g/mol. The van der Waals surface area contributed by atoms with E-state index in [4.69, 9.17) is 4.42 Å². The number of rotatable bonds is 9. The number of fused-ring (bicyclic) bond motifs is 1. The average Bonchev–Trinajstić information content (AvgIpc) is 3.43. The van der Waals surface area contributed by atoms with Crippen LogP contribution in [0.4, 0.5) is 10.1 Å². The van der Waals surface area contributed by atoms with Gasteiger partial charge in [0.1, 0.15) is 17.2 Å². The van der Waals surface area contributed by atoms with Crippen LogP contribution in [0, 0.1) is 29.0 Å². The van der Waals surface area contributed by atoms with Crippen LogP contribution in [0.25, 0.3) is 33.4 Å². The monoisotopic (exact) mass is 621 g/mol. The molecule has 1 atom stereocenters. The van der Waals surface area contributed by atoms with E-state index in [-0.39, 0.29) is 29.1 Å². The van der Waals surface area contributed by atoms with Gasteiger partial charge in [0, 0.05) is 60.0 Å². The molecule has 6 nitrogen and oxygen atoms in total. The fourth-order valence-corrected chi connectivity index (χ4v) is 9.31. The van der Waals surface area contributed by atoms with Crippen molar-refractivity contribution in [1.29, 1.82) is 0 Å². The van der Waals surface area contributed by atoms with Crippen LogP contribution in [0.5, 0.6) is 0 Å². The summed E-state index contributed by atoms with van der Waals surface area (Å²) in [6, 6.07) is 17.9. The van der Waals surface area contributed by atoms with Crippen molar-refractivity contribution in [2.75, 3.05) is 25.0 Å². The molecule has 4 saturated carbocycles. The van der Waals surface area contributed by atoms with Crippen LogP contribution in [0.15, 0.2) is 65.1 Å². The van der Waals surface area contributed by atoms with Crippen LogP contribution in [0.3, 0.4) is 0 Å². The molecular weight excluding hydrogens is 577 g/mol. The van der Waals surface area contributed by atoms with Crippen molar-refractivity contribution in [3.05, 3.63) is 77.6 Å². The van der Waals surface area contributed by atoms with Gasteiger partial charge in [0.25, 0.3) is 11.8 Å². The minimum Gasteiger partial charge on any atom is -0.455 e. The summed E-state index contributed by atoms with van der Waals surface area (Å²) in [5.74, 6) is 2.19. The fraction of sp³-hybridized carbons (Fsp3) is 0.436. The summed E-state index contributed by atoms with van der Waals surface area (Å²) in [6.07, 6.45) is 7.87. The third kappa shape index (κ3) is 5.27. The van der Waals surface area contributed by atoms with Crippen molar-refractivity contribution in [2.24, 2.45) is 23.2 Å². The summed E-state index contributed by atoms with van der Waals surface area (Å²) in [5.41, 5.74) is 5.21. The molecule has 0 spiro atoms. The van der Waals surface area contributed by atoms with Gasteiger partial charge >= 0.3 is 0 Å². The molecule has 4 bridgehead atoms. The molecule has 46 heavy (non-hydrogen) atoms. The molecule has 7 heteroatoms. The van der Waals surface area contributed by atoms with Gasteiger partial charge in [-0.1, -0.05) is 12.1 Å². The Hall–Kier alpha value is -4.13. The number of amides is 2. The molecule has 0 aliphatic heterocycles.